The van der Waals surface area contributed by atoms with Crippen molar-refractivity contribution in [1.82, 2.24) is 37.2 Å². The van der Waals surface area contributed by atoms with Crippen molar-refractivity contribution < 1.29 is 78.3 Å². The van der Waals surface area contributed by atoms with Gasteiger partial charge in [-0.05, 0) is 61.8 Å². The Labute approximate surface area is 390 Å². The van der Waals surface area contributed by atoms with Crippen LogP contribution in [0, 0.1) is 11.8 Å². The van der Waals surface area contributed by atoms with Crippen LogP contribution in [-0.4, -0.2) is 146 Å². The van der Waals surface area contributed by atoms with Crippen molar-refractivity contribution in [2.75, 3.05) is 6.54 Å². The molecule has 0 saturated carbocycles. The molecule has 0 aromatic heterocycles. The number of aliphatic hydroxyl groups is 1. The molecule has 0 unspecified atom stereocenters. The second-order valence-corrected chi connectivity index (χ2v) is 16.6. The lowest BCUT2D eigenvalue weighted by Crippen LogP contribution is -2.61. The summed E-state index contributed by atoms with van der Waals surface area (Å²) < 4.78 is 0. The number of carboxylic acid groups (broad SMARTS) is 4. The van der Waals surface area contributed by atoms with E-state index in [1.165, 1.54) is 18.2 Å². The molecule has 0 fully saturated rings. The van der Waals surface area contributed by atoms with Crippen molar-refractivity contribution in [2.45, 2.75) is 115 Å². The van der Waals surface area contributed by atoms with E-state index in [4.69, 9.17) is 10.8 Å². The first-order chi connectivity index (χ1) is 31.8. The van der Waals surface area contributed by atoms with Gasteiger partial charge in [0.05, 0.1) is 18.0 Å². The number of nitrogens with one attached hydrogen (secondary N) is 7. The van der Waals surface area contributed by atoms with Crippen molar-refractivity contribution >= 4 is 65.2 Å². The molecule has 24 nitrogen and oxygen atoms in total. The normalized spacial score (nSPS) is 14.5. The summed E-state index contributed by atoms with van der Waals surface area (Å²) in [7, 11) is 0. The van der Waals surface area contributed by atoms with Crippen LogP contribution in [0.15, 0.2) is 54.6 Å². The molecule has 14 N–H and O–H groups in total. The fourth-order valence-corrected chi connectivity index (χ4v) is 6.37. The molecular weight excluding hydrogens is 897 g/mol. The number of benzene rings is 2. The Morgan fingerprint density at radius 1 is 0.603 bits per heavy atom. The van der Waals surface area contributed by atoms with E-state index in [1.807, 2.05) is 0 Å². The van der Waals surface area contributed by atoms with Gasteiger partial charge in [0.15, 0.2) is 6.10 Å². The van der Waals surface area contributed by atoms with E-state index in [-0.39, 0.29) is 29.9 Å². The molecule has 8 atom stereocenters. The first kappa shape index (κ1) is 56.7. The molecule has 0 spiro atoms. The fraction of sp³-hybridized carbons (Fsp3) is 0.477. The van der Waals surface area contributed by atoms with E-state index in [1.54, 1.807) is 58.0 Å². The van der Waals surface area contributed by atoms with Crippen LogP contribution in [0.1, 0.15) is 86.6 Å². The maximum absolute atomic E-state index is 14.0. The number of hydrogen-bond donors (Lipinski definition) is 13. The summed E-state index contributed by atoms with van der Waals surface area (Å²) in [5.41, 5.74) is 6.39. The highest BCUT2D eigenvalue weighted by Gasteiger charge is 2.36. The third-order valence-corrected chi connectivity index (χ3v) is 10.1. The van der Waals surface area contributed by atoms with Crippen LogP contribution in [0.25, 0.3) is 0 Å². The van der Waals surface area contributed by atoms with Crippen LogP contribution in [0.5, 0.6) is 0 Å². The van der Waals surface area contributed by atoms with Crippen molar-refractivity contribution in [1.29, 1.82) is 0 Å². The van der Waals surface area contributed by atoms with Gasteiger partial charge in [-0.25, -0.2) is 9.59 Å². The van der Waals surface area contributed by atoms with Crippen LogP contribution < -0.4 is 43.0 Å². The van der Waals surface area contributed by atoms with E-state index in [0.29, 0.717) is 5.56 Å². The van der Waals surface area contributed by atoms with E-state index in [9.17, 15) is 73.2 Å². The number of nitrogens with two attached hydrogens (primary N) is 1. The van der Waals surface area contributed by atoms with Crippen LogP contribution in [0.4, 0.5) is 0 Å². The van der Waals surface area contributed by atoms with E-state index < -0.39 is 145 Å². The molecule has 0 aliphatic rings. The molecule has 68 heavy (non-hydrogen) atoms. The second kappa shape index (κ2) is 27.2. The van der Waals surface area contributed by atoms with Gasteiger partial charge in [0, 0.05) is 18.5 Å². The van der Waals surface area contributed by atoms with Gasteiger partial charge in [0.2, 0.25) is 29.5 Å². The number of aliphatic carboxylic acids is 3. The van der Waals surface area contributed by atoms with Gasteiger partial charge in [0.25, 0.3) is 11.8 Å². The Bertz CT molecular complexity index is 2150. The van der Waals surface area contributed by atoms with Gasteiger partial charge >= 0.3 is 23.9 Å². The number of aliphatic hydroxyl groups excluding tert-OH is 1. The van der Waals surface area contributed by atoms with Crippen LogP contribution in [0.2, 0.25) is 0 Å². The van der Waals surface area contributed by atoms with Crippen molar-refractivity contribution in [3.8, 4) is 0 Å². The molecule has 7 amide bonds. The summed E-state index contributed by atoms with van der Waals surface area (Å²) in [5.74, 6) is -13.5. The van der Waals surface area contributed by atoms with Gasteiger partial charge < -0.3 is 68.5 Å². The summed E-state index contributed by atoms with van der Waals surface area (Å²) >= 11 is 0. The molecule has 0 heterocycles. The van der Waals surface area contributed by atoms with E-state index >= 15 is 0 Å². The molecule has 0 saturated heterocycles. The van der Waals surface area contributed by atoms with Gasteiger partial charge in [-0.15, -0.1) is 0 Å². The van der Waals surface area contributed by atoms with Gasteiger partial charge in [-0.2, -0.15) is 0 Å². The first-order valence-electron chi connectivity index (χ1n) is 21.4. The molecule has 372 valence electrons. The quantitative estimate of drug-likeness (QED) is 0.0443. The smallest absolute Gasteiger partial charge is 0.335 e. The zero-order chi connectivity index (χ0) is 51.4. The number of rotatable bonds is 28. The van der Waals surface area contributed by atoms with Gasteiger partial charge in [-0.1, -0.05) is 64.1 Å². The third kappa shape index (κ3) is 19.2. The molecule has 24 heteroatoms. The minimum atomic E-state index is -2.18. The minimum Gasteiger partial charge on any atom is -0.481 e. The molecular formula is C44H60N8O16. The molecule has 0 aliphatic carbocycles. The number of aromatic carboxylic acids is 1. The Morgan fingerprint density at radius 3 is 1.75 bits per heavy atom. The molecule has 0 bridgehead atoms. The molecule has 2 aromatic rings. The molecule has 2 rings (SSSR count). The SMILES string of the molecule is CC(C)C[C@H](NC(=O)[C@@H](NC(=O)[C@@H](N)CNC(=O)c1cccc(C(=O)O)c1)C(C)C)C(=O)N[C@@H](Cc1ccccc1)[C@@H](O)C(=O)N[C@@H](CC(=O)O)C(=O)N[C@@H](C)C(=O)N[C@@H](CCC(=O)O)C(=O)O. The predicted octanol–water partition coefficient (Wildman–Crippen LogP) is -1.90. The zero-order valence-electron chi connectivity index (χ0n) is 38.0. The Kier molecular flexibility index (Phi) is 22.7. The fourth-order valence-electron chi connectivity index (χ4n) is 6.37. The highest BCUT2D eigenvalue weighted by atomic mass is 16.4. The first-order valence-corrected chi connectivity index (χ1v) is 21.4. The van der Waals surface area contributed by atoms with Crippen LogP contribution in [0.3, 0.4) is 0 Å². The number of carbonyl (C=O) groups is 11. The number of amides is 7. The van der Waals surface area contributed by atoms with E-state index in [2.05, 4.69) is 37.2 Å². The summed E-state index contributed by atoms with van der Waals surface area (Å²) in [6.07, 6.45) is -4.56. The highest BCUT2D eigenvalue weighted by Crippen LogP contribution is 2.13. The van der Waals surface area contributed by atoms with Crippen LogP contribution in [-0.2, 0) is 49.6 Å². The predicted molar refractivity (Wildman–Crippen MR) is 238 cm³/mol. The third-order valence-electron chi connectivity index (χ3n) is 10.1. The van der Waals surface area contributed by atoms with Crippen molar-refractivity contribution in [3.63, 3.8) is 0 Å². The lowest BCUT2D eigenvalue weighted by atomic mass is 9.97. The van der Waals surface area contributed by atoms with Crippen molar-refractivity contribution in [2.24, 2.45) is 17.6 Å². The topological polar surface area (TPSA) is 399 Å². The van der Waals surface area contributed by atoms with Gasteiger partial charge in [-0.3, -0.25) is 43.2 Å². The van der Waals surface area contributed by atoms with Crippen LogP contribution >= 0.6 is 0 Å². The number of carbonyl (C=O) groups excluding carboxylic acids is 7. The molecule has 2 aromatic carbocycles. The lowest BCUT2D eigenvalue weighted by Gasteiger charge is -2.30. The van der Waals surface area contributed by atoms with Gasteiger partial charge in [0.1, 0.15) is 36.3 Å². The minimum absolute atomic E-state index is 0.00226. The van der Waals surface area contributed by atoms with E-state index in [0.717, 1.165) is 13.0 Å². The molecule has 0 radical (unpaired) electrons. The maximum Gasteiger partial charge on any atom is 0.335 e. The molecule has 0 aliphatic heterocycles. The standard InChI is InChI=1S/C44H60N8O16/c1-21(2)16-30(50-41(63)34(22(3)4)52-38(60)27(45)20-46-37(59)25-12-9-13-26(18-25)43(65)66)40(62)49-29(17-24-10-7-6-8-11-24)35(57)42(64)51-31(19-33(55)56)39(61)47-23(5)36(58)48-28(44(67)68)14-15-32(53)54/h6-13,18,21-23,27-31,34-35,57H,14-17,19-20,45H2,1-5H3,(H,46,59)(H,47,61)(H,48,58)(H,49,62)(H,50,63)(H,51,64)(H,52,60)(H,53,54)(H,55,56)(H,65,66)(H,67,68)/t23-,27-,28-,29-,30-,31-,34-,35+/m0/s1. The average molecular weight is 957 g/mol. The average Bonchev–Trinajstić information content (AvgIpc) is 3.26. The summed E-state index contributed by atoms with van der Waals surface area (Å²) in [5, 5.41) is 64.9. The largest absolute Gasteiger partial charge is 0.481 e. The Balaban J connectivity index is 2.27. The highest BCUT2D eigenvalue weighted by molar-refractivity contribution is 5.99. The number of carboxylic acids is 4. The summed E-state index contributed by atoms with van der Waals surface area (Å²) in [6.45, 7) is 7.39. The lowest BCUT2D eigenvalue weighted by molar-refractivity contribution is -0.144. The maximum atomic E-state index is 14.0. The summed E-state index contributed by atoms with van der Waals surface area (Å²) in [6, 6.07) is 2.73. The second-order valence-electron chi connectivity index (χ2n) is 16.6. The summed E-state index contributed by atoms with van der Waals surface area (Å²) in [4.78, 5) is 139. The monoisotopic (exact) mass is 956 g/mol. The van der Waals surface area contributed by atoms with Crippen molar-refractivity contribution in [3.05, 3.63) is 71.3 Å². The zero-order valence-corrected chi connectivity index (χ0v) is 38.0. The Hall–Kier alpha value is -7.47. The Morgan fingerprint density at radius 2 is 1.19 bits per heavy atom. The number of hydrogen-bond acceptors (Lipinski definition) is 13.